The number of aryl methyl sites for hydroxylation is 1. The third-order valence-electron chi connectivity index (χ3n) is 2.72. The second-order valence-corrected chi connectivity index (χ2v) is 5.39. The maximum Gasteiger partial charge on any atom is 0.285 e. The van der Waals surface area contributed by atoms with Crippen molar-refractivity contribution in [2.24, 2.45) is 0 Å². The normalized spacial score (nSPS) is 10.2. The predicted molar refractivity (Wildman–Crippen MR) is 82.7 cm³/mol. The Morgan fingerprint density at radius 3 is 2.81 bits per heavy atom. The van der Waals surface area contributed by atoms with E-state index in [-0.39, 0.29) is 16.4 Å². The molecule has 1 N–H and O–H groups in total. The number of nitro groups is 1. The van der Waals surface area contributed by atoms with Crippen LogP contribution in [0.25, 0.3) is 0 Å². The first kappa shape index (κ1) is 15.4. The fourth-order valence-electron chi connectivity index (χ4n) is 1.77. The van der Waals surface area contributed by atoms with Gasteiger partial charge in [0.2, 0.25) is 0 Å². The Bertz CT molecular complexity index is 737. The number of pyridine rings is 1. The smallest absolute Gasteiger partial charge is 0.285 e. The second kappa shape index (κ2) is 6.19. The van der Waals surface area contributed by atoms with Gasteiger partial charge in [0.05, 0.1) is 21.3 Å². The molecule has 0 saturated carbocycles. The summed E-state index contributed by atoms with van der Waals surface area (Å²) in [4.78, 5) is 26.6. The molecule has 0 bridgehead atoms. The van der Waals surface area contributed by atoms with E-state index in [0.717, 1.165) is 0 Å². The summed E-state index contributed by atoms with van der Waals surface area (Å²) < 4.78 is 0.515. The molecule has 108 valence electrons. The van der Waals surface area contributed by atoms with Crippen molar-refractivity contribution >= 4 is 44.8 Å². The van der Waals surface area contributed by atoms with Crippen molar-refractivity contribution in [2.45, 2.75) is 6.92 Å². The van der Waals surface area contributed by atoms with Gasteiger partial charge in [-0.15, -0.1) is 0 Å². The van der Waals surface area contributed by atoms with Crippen molar-refractivity contribution in [1.29, 1.82) is 0 Å². The molecule has 0 aliphatic carbocycles. The average molecular weight is 371 g/mol. The summed E-state index contributed by atoms with van der Waals surface area (Å²) in [5, 5.41) is 13.9. The molecule has 0 radical (unpaired) electrons. The molecular weight excluding hydrogens is 362 g/mol. The van der Waals surface area contributed by atoms with Crippen LogP contribution in [0.1, 0.15) is 15.9 Å². The zero-order valence-corrected chi connectivity index (χ0v) is 13.1. The van der Waals surface area contributed by atoms with E-state index in [1.54, 1.807) is 25.1 Å². The highest BCUT2D eigenvalue weighted by Crippen LogP contribution is 2.26. The van der Waals surface area contributed by atoms with Crippen LogP contribution in [0.15, 0.2) is 34.9 Å². The summed E-state index contributed by atoms with van der Waals surface area (Å²) in [7, 11) is 0. The van der Waals surface area contributed by atoms with Gasteiger partial charge in [-0.05, 0) is 35.0 Å². The number of carbonyl (C=O) groups excluding carboxylic acids is 1. The number of nitrogens with zero attached hydrogens (tertiary/aromatic N) is 2. The van der Waals surface area contributed by atoms with E-state index in [2.05, 4.69) is 26.2 Å². The molecular formula is C13H9BrClN3O3. The number of nitrogens with one attached hydrogen (secondary N) is 1. The van der Waals surface area contributed by atoms with Crippen molar-refractivity contribution in [3.05, 3.63) is 61.3 Å². The van der Waals surface area contributed by atoms with Gasteiger partial charge in [0.1, 0.15) is 10.7 Å². The monoisotopic (exact) mass is 369 g/mol. The fourth-order valence-corrected chi connectivity index (χ4v) is 2.22. The summed E-state index contributed by atoms with van der Waals surface area (Å²) in [6, 6.07) is 6.14. The molecule has 1 amide bonds. The molecule has 0 aliphatic heterocycles. The number of para-hydroxylation sites is 1. The summed E-state index contributed by atoms with van der Waals surface area (Å²) in [5.74, 6) is -0.582. The van der Waals surface area contributed by atoms with Crippen LogP contribution >= 0.6 is 27.5 Å². The summed E-state index contributed by atoms with van der Waals surface area (Å²) in [5.41, 5.74) is 0.581. The standard InChI is InChI=1S/C13H9BrClN3O3/c1-7-3-2-4-9(11(7)18(20)21)13(19)17-8-5-10(14)12(15)16-6-8/h2-6H,1H3,(H,17,19). The van der Waals surface area contributed by atoms with E-state index in [9.17, 15) is 14.9 Å². The van der Waals surface area contributed by atoms with Crippen LogP contribution in [0.5, 0.6) is 0 Å². The van der Waals surface area contributed by atoms with E-state index in [0.29, 0.717) is 15.7 Å². The largest absolute Gasteiger partial charge is 0.320 e. The topological polar surface area (TPSA) is 85.1 Å². The van der Waals surface area contributed by atoms with Crippen molar-refractivity contribution in [1.82, 2.24) is 4.98 Å². The third kappa shape index (κ3) is 3.37. The van der Waals surface area contributed by atoms with Crippen LogP contribution in [0.3, 0.4) is 0 Å². The van der Waals surface area contributed by atoms with Crippen molar-refractivity contribution in [3.63, 3.8) is 0 Å². The Morgan fingerprint density at radius 1 is 1.48 bits per heavy atom. The van der Waals surface area contributed by atoms with E-state index >= 15 is 0 Å². The molecule has 1 aromatic heterocycles. The molecule has 8 heteroatoms. The lowest BCUT2D eigenvalue weighted by Gasteiger charge is -2.07. The molecule has 2 rings (SSSR count). The Kier molecular flexibility index (Phi) is 4.54. The lowest BCUT2D eigenvalue weighted by molar-refractivity contribution is -0.385. The zero-order valence-electron chi connectivity index (χ0n) is 10.8. The maximum atomic E-state index is 12.2. The Labute approximate surface area is 133 Å². The molecule has 0 unspecified atom stereocenters. The molecule has 0 fully saturated rings. The lowest BCUT2D eigenvalue weighted by atomic mass is 10.1. The predicted octanol–water partition coefficient (Wildman–Crippen LogP) is 3.97. The van der Waals surface area contributed by atoms with Gasteiger partial charge in [0.25, 0.3) is 11.6 Å². The molecule has 2 aromatic rings. The van der Waals surface area contributed by atoms with Crippen LogP contribution in [0.4, 0.5) is 11.4 Å². The van der Waals surface area contributed by atoms with Crippen LogP contribution in [-0.4, -0.2) is 15.8 Å². The van der Waals surface area contributed by atoms with Crippen molar-refractivity contribution < 1.29 is 9.72 Å². The third-order valence-corrected chi connectivity index (χ3v) is 3.85. The number of hydrogen-bond donors (Lipinski definition) is 1. The SMILES string of the molecule is Cc1cccc(C(=O)Nc2cnc(Cl)c(Br)c2)c1[N+](=O)[O-]. The molecule has 1 aromatic carbocycles. The Hall–Kier alpha value is -1.99. The molecule has 0 saturated heterocycles. The van der Waals surface area contributed by atoms with Crippen LogP contribution in [0, 0.1) is 17.0 Å². The van der Waals surface area contributed by atoms with Gasteiger partial charge in [-0.2, -0.15) is 0 Å². The second-order valence-electron chi connectivity index (χ2n) is 4.18. The van der Waals surface area contributed by atoms with Gasteiger partial charge in [-0.25, -0.2) is 4.98 Å². The molecule has 21 heavy (non-hydrogen) atoms. The minimum atomic E-state index is -0.582. The van der Waals surface area contributed by atoms with E-state index in [4.69, 9.17) is 11.6 Å². The number of amides is 1. The first-order valence-electron chi connectivity index (χ1n) is 5.76. The number of carbonyl (C=O) groups is 1. The summed E-state index contributed by atoms with van der Waals surface area (Å²) in [6.07, 6.45) is 1.37. The first-order valence-corrected chi connectivity index (χ1v) is 6.93. The van der Waals surface area contributed by atoms with Gasteiger partial charge in [0, 0.05) is 5.56 Å². The number of halogens is 2. The average Bonchev–Trinajstić information content (AvgIpc) is 2.42. The number of aromatic nitrogens is 1. The van der Waals surface area contributed by atoms with E-state index in [1.807, 2.05) is 0 Å². The summed E-state index contributed by atoms with van der Waals surface area (Å²) >= 11 is 8.95. The van der Waals surface area contributed by atoms with Crippen molar-refractivity contribution in [3.8, 4) is 0 Å². The number of anilines is 1. The van der Waals surface area contributed by atoms with Gasteiger partial charge in [0.15, 0.2) is 0 Å². The lowest BCUT2D eigenvalue weighted by Crippen LogP contribution is -2.14. The Balaban J connectivity index is 2.35. The zero-order chi connectivity index (χ0) is 15.6. The Morgan fingerprint density at radius 2 is 2.19 bits per heavy atom. The first-order chi connectivity index (χ1) is 9.90. The van der Waals surface area contributed by atoms with Gasteiger partial charge in [-0.1, -0.05) is 23.7 Å². The highest BCUT2D eigenvalue weighted by Gasteiger charge is 2.22. The highest BCUT2D eigenvalue weighted by molar-refractivity contribution is 9.10. The summed E-state index contributed by atoms with van der Waals surface area (Å²) in [6.45, 7) is 1.58. The number of hydrogen-bond acceptors (Lipinski definition) is 4. The molecule has 0 aliphatic rings. The van der Waals surface area contributed by atoms with Crippen LogP contribution in [0.2, 0.25) is 5.15 Å². The van der Waals surface area contributed by atoms with Gasteiger partial charge in [-0.3, -0.25) is 14.9 Å². The van der Waals surface area contributed by atoms with E-state index in [1.165, 1.54) is 12.3 Å². The minimum absolute atomic E-state index is 0.00827. The van der Waals surface area contributed by atoms with Crippen molar-refractivity contribution in [2.75, 3.05) is 5.32 Å². The number of benzene rings is 1. The fraction of sp³-hybridized carbons (Fsp3) is 0.0769. The van der Waals surface area contributed by atoms with Gasteiger partial charge >= 0.3 is 0 Å². The molecule has 0 spiro atoms. The number of rotatable bonds is 3. The van der Waals surface area contributed by atoms with Crippen LogP contribution in [-0.2, 0) is 0 Å². The minimum Gasteiger partial charge on any atom is -0.320 e. The highest BCUT2D eigenvalue weighted by atomic mass is 79.9. The van der Waals surface area contributed by atoms with E-state index < -0.39 is 10.8 Å². The van der Waals surface area contributed by atoms with Gasteiger partial charge < -0.3 is 5.32 Å². The molecule has 6 nitrogen and oxygen atoms in total. The number of nitro benzene ring substituents is 1. The molecule has 0 atom stereocenters. The van der Waals surface area contributed by atoms with Crippen LogP contribution < -0.4 is 5.32 Å². The maximum absolute atomic E-state index is 12.2. The quantitative estimate of drug-likeness (QED) is 0.503. The molecule has 1 heterocycles.